The van der Waals surface area contributed by atoms with Crippen molar-refractivity contribution < 1.29 is 17.9 Å². The molecule has 102 valence electrons. The summed E-state index contributed by atoms with van der Waals surface area (Å²) in [5.41, 5.74) is 0. The number of amides is 1. The molecule has 17 heavy (non-hydrogen) atoms. The van der Waals surface area contributed by atoms with Crippen LogP contribution in [0.25, 0.3) is 0 Å². The van der Waals surface area contributed by atoms with E-state index in [1.807, 2.05) is 0 Å². The third-order valence-corrected chi connectivity index (χ3v) is 3.64. The first-order valence-electron chi connectivity index (χ1n) is 5.46. The summed E-state index contributed by atoms with van der Waals surface area (Å²) >= 11 is 0. The molecule has 0 aromatic heterocycles. The largest absolute Gasteiger partial charge is 0.383 e. The van der Waals surface area contributed by atoms with E-state index in [1.165, 1.54) is 7.11 Å². The molecule has 1 unspecified atom stereocenters. The molecule has 0 aromatic rings. The minimum Gasteiger partial charge on any atom is -0.383 e. The van der Waals surface area contributed by atoms with Gasteiger partial charge in [-0.15, -0.1) is 0 Å². The maximum absolute atomic E-state index is 11.7. The van der Waals surface area contributed by atoms with Crippen LogP contribution in [0.5, 0.6) is 0 Å². The summed E-state index contributed by atoms with van der Waals surface area (Å²) < 4.78 is 28.3. The van der Waals surface area contributed by atoms with Crippen LogP contribution in [0.2, 0.25) is 0 Å². The van der Waals surface area contributed by atoms with E-state index >= 15 is 0 Å². The zero-order chi connectivity index (χ0) is 13.5. The van der Waals surface area contributed by atoms with Crippen molar-refractivity contribution >= 4 is 15.7 Å². The smallest absolute Gasteiger partial charge is 0.235 e. The topological polar surface area (TPSA) is 84.5 Å². The second kappa shape index (κ2) is 7.62. The van der Waals surface area contributed by atoms with Crippen LogP contribution < -0.4 is 10.6 Å². The third-order valence-electron chi connectivity index (χ3n) is 2.03. The van der Waals surface area contributed by atoms with Crippen LogP contribution >= 0.6 is 0 Å². The maximum Gasteiger partial charge on any atom is 0.235 e. The molecular weight excluding hydrogens is 244 g/mol. The summed E-state index contributed by atoms with van der Waals surface area (Å²) in [5, 5.41) is 5.39. The summed E-state index contributed by atoms with van der Waals surface area (Å²) in [5.74, 6) is -1.05. The van der Waals surface area contributed by atoms with E-state index in [1.54, 1.807) is 20.9 Å². The molecule has 0 spiro atoms. The van der Waals surface area contributed by atoms with E-state index in [0.717, 1.165) is 0 Å². The lowest BCUT2D eigenvalue weighted by molar-refractivity contribution is -0.119. The van der Waals surface area contributed by atoms with E-state index in [-0.39, 0.29) is 17.8 Å². The van der Waals surface area contributed by atoms with Gasteiger partial charge in [0.05, 0.1) is 12.4 Å². The number of sulfone groups is 1. The molecule has 0 radical (unpaired) electrons. The van der Waals surface area contributed by atoms with Crippen molar-refractivity contribution in [2.75, 3.05) is 32.3 Å². The lowest BCUT2D eigenvalue weighted by Gasteiger charge is -2.15. The fourth-order valence-electron chi connectivity index (χ4n) is 1.34. The van der Waals surface area contributed by atoms with Gasteiger partial charge in [0.15, 0.2) is 9.84 Å². The van der Waals surface area contributed by atoms with E-state index < -0.39 is 21.5 Å². The Bertz CT molecular complexity index is 327. The van der Waals surface area contributed by atoms with Crippen molar-refractivity contribution in [1.29, 1.82) is 0 Å². The first kappa shape index (κ1) is 16.3. The number of likely N-dealkylation sites (N-methyl/N-ethyl adjacent to an activating group) is 1. The van der Waals surface area contributed by atoms with Gasteiger partial charge < -0.3 is 15.4 Å². The maximum atomic E-state index is 11.7. The Hall–Kier alpha value is -0.660. The molecular formula is C10H22N2O4S. The number of carbonyl (C=O) groups is 1. The van der Waals surface area contributed by atoms with Crippen molar-refractivity contribution in [3.8, 4) is 0 Å². The quantitative estimate of drug-likeness (QED) is 0.598. The van der Waals surface area contributed by atoms with Crippen LogP contribution in [-0.4, -0.2) is 58.7 Å². The standard InChI is InChI=1S/C10H22N2O4S/c1-8(2)12-10(13)7-17(14,15)6-9(11-3)5-16-4/h8-9,11H,5-7H2,1-4H3,(H,12,13). The zero-order valence-electron chi connectivity index (χ0n) is 10.8. The lowest BCUT2D eigenvalue weighted by Crippen LogP contribution is -2.41. The predicted molar refractivity (Wildman–Crippen MR) is 66.7 cm³/mol. The van der Waals surface area contributed by atoms with Crippen LogP contribution in [0.1, 0.15) is 13.8 Å². The number of carbonyl (C=O) groups excluding carboxylic acids is 1. The van der Waals surface area contributed by atoms with Crippen LogP contribution in [0.4, 0.5) is 0 Å². The highest BCUT2D eigenvalue weighted by molar-refractivity contribution is 7.92. The molecule has 6 nitrogen and oxygen atoms in total. The normalized spacial score (nSPS) is 13.7. The Kier molecular flexibility index (Phi) is 7.33. The molecule has 0 heterocycles. The molecule has 1 amide bonds. The van der Waals surface area contributed by atoms with Gasteiger partial charge in [0.25, 0.3) is 0 Å². The van der Waals surface area contributed by atoms with Crippen LogP contribution in [0.15, 0.2) is 0 Å². The number of rotatable bonds is 8. The number of hydrogen-bond acceptors (Lipinski definition) is 5. The summed E-state index contributed by atoms with van der Waals surface area (Å²) in [4.78, 5) is 11.4. The zero-order valence-corrected chi connectivity index (χ0v) is 11.6. The lowest BCUT2D eigenvalue weighted by atomic mass is 10.4. The Morgan fingerprint density at radius 1 is 1.35 bits per heavy atom. The first-order chi connectivity index (χ1) is 7.80. The van der Waals surface area contributed by atoms with Gasteiger partial charge >= 0.3 is 0 Å². The Balaban J connectivity index is 4.32. The van der Waals surface area contributed by atoms with E-state index in [2.05, 4.69) is 10.6 Å². The number of methoxy groups -OCH3 is 1. The van der Waals surface area contributed by atoms with E-state index in [9.17, 15) is 13.2 Å². The van der Waals surface area contributed by atoms with Crippen molar-refractivity contribution in [2.45, 2.75) is 25.9 Å². The van der Waals surface area contributed by atoms with E-state index in [4.69, 9.17) is 4.74 Å². The molecule has 2 N–H and O–H groups in total. The number of nitrogens with one attached hydrogen (secondary N) is 2. The summed E-state index contributed by atoms with van der Waals surface area (Å²) in [6.45, 7) is 3.86. The third kappa shape index (κ3) is 8.12. The van der Waals surface area contributed by atoms with Crippen LogP contribution in [0.3, 0.4) is 0 Å². The van der Waals surface area contributed by atoms with Gasteiger partial charge in [-0.1, -0.05) is 0 Å². The Labute approximate surface area is 103 Å². The molecule has 0 fully saturated rings. The van der Waals surface area contributed by atoms with Crippen LogP contribution in [0, 0.1) is 0 Å². The SMILES string of the molecule is CNC(COC)CS(=O)(=O)CC(=O)NC(C)C. The summed E-state index contributed by atoms with van der Waals surface area (Å²) in [6.07, 6.45) is 0. The van der Waals surface area contributed by atoms with Gasteiger partial charge in [0, 0.05) is 19.2 Å². The Morgan fingerprint density at radius 3 is 2.35 bits per heavy atom. The summed E-state index contributed by atoms with van der Waals surface area (Å²) in [7, 11) is -0.252. The second-order valence-corrected chi connectivity index (χ2v) is 6.33. The summed E-state index contributed by atoms with van der Waals surface area (Å²) in [6, 6.07) is -0.353. The monoisotopic (exact) mass is 266 g/mol. The Morgan fingerprint density at radius 2 is 1.94 bits per heavy atom. The van der Waals surface area contributed by atoms with Crippen molar-refractivity contribution in [2.24, 2.45) is 0 Å². The van der Waals surface area contributed by atoms with Gasteiger partial charge in [0.2, 0.25) is 5.91 Å². The molecule has 1 atom stereocenters. The van der Waals surface area contributed by atoms with E-state index in [0.29, 0.717) is 6.61 Å². The van der Waals surface area contributed by atoms with Gasteiger partial charge in [-0.3, -0.25) is 4.79 Å². The minimum absolute atomic E-state index is 0.0585. The molecule has 0 bridgehead atoms. The highest BCUT2D eigenvalue weighted by atomic mass is 32.2. The van der Waals surface area contributed by atoms with Crippen molar-refractivity contribution in [3.05, 3.63) is 0 Å². The molecule has 0 saturated carbocycles. The fraction of sp³-hybridized carbons (Fsp3) is 0.900. The van der Waals surface area contributed by atoms with Gasteiger partial charge in [-0.25, -0.2) is 8.42 Å². The highest BCUT2D eigenvalue weighted by Gasteiger charge is 2.21. The van der Waals surface area contributed by atoms with Gasteiger partial charge in [-0.2, -0.15) is 0 Å². The molecule has 0 saturated heterocycles. The first-order valence-corrected chi connectivity index (χ1v) is 7.29. The second-order valence-electron chi connectivity index (χ2n) is 4.22. The average Bonchev–Trinajstić information content (AvgIpc) is 2.14. The molecule has 0 aromatic carbocycles. The van der Waals surface area contributed by atoms with Gasteiger partial charge in [0.1, 0.15) is 5.75 Å². The minimum atomic E-state index is -3.41. The molecule has 0 aliphatic carbocycles. The van der Waals surface area contributed by atoms with Crippen molar-refractivity contribution in [3.63, 3.8) is 0 Å². The molecule has 0 aliphatic rings. The average molecular weight is 266 g/mol. The number of ether oxygens (including phenoxy) is 1. The highest BCUT2D eigenvalue weighted by Crippen LogP contribution is 1.96. The molecule has 7 heteroatoms. The molecule has 0 rings (SSSR count). The molecule has 0 aliphatic heterocycles. The predicted octanol–water partition coefficient (Wildman–Crippen LogP) is -0.840. The number of hydrogen-bond donors (Lipinski definition) is 2. The van der Waals surface area contributed by atoms with Crippen molar-refractivity contribution in [1.82, 2.24) is 10.6 Å². The van der Waals surface area contributed by atoms with Crippen LogP contribution in [-0.2, 0) is 19.4 Å². The van der Waals surface area contributed by atoms with Gasteiger partial charge in [-0.05, 0) is 20.9 Å². The fourth-order valence-corrected chi connectivity index (χ4v) is 2.82.